The van der Waals surface area contributed by atoms with Crippen molar-refractivity contribution in [3.8, 4) is 0 Å². The minimum absolute atomic E-state index is 0.0829. The Morgan fingerprint density at radius 2 is 2.19 bits per heavy atom. The van der Waals surface area contributed by atoms with Crippen LogP contribution in [0.4, 0.5) is 4.79 Å². The molecule has 5 heteroatoms. The molecule has 0 radical (unpaired) electrons. The van der Waals surface area contributed by atoms with E-state index in [1.54, 1.807) is 4.90 Å². The van der Waals surface area contributed by atoms with Gasteiger partial charge in [-0.3, -0.25) is 0 Å². The second kappa shape index (κ2) is 5.01. The van der Waals surface area contributed by atoms with Crippen LogP contribution in [-0.2, 0) is 9.47 Å². The maximum Gasteiger partial charge on any atom is 0.410 e. The largest absolute Gasteiger partial charge is 0.444 e. The van der Waals surface area contributed by atoms with Crippen molar-refractivity contribution in [1.29, 1.82) is 0 Å². The molecule has 0 aromatic carbocycles. The van der Waals surface area contributed by atoms with E-state index in [1.165, 1.54) is 0 Å². The van der Waals surface area contributed by atoms with Crippen molar-refractivity contribution in [3.63, 3.8) is 0 Å². The number of amides is 1. The SMILES string of the molecule is CC1[C@@H](CO)OCCN1C(=O)OC(C)(C)C. The highest BCUT2D eigenvalue weighted by Gasteiger charge is 2.33. The topological polar surface area (TPSA) is 59.0 Å². The van der Waals surface area contributed by atoms with Gasteiger partial charge in [0.05, 0.1) is 19.3 Å². The van der Waals surface area contributed by atoms with Gasteiger partial charge in [0.25, 0.3) is 0 Å². The van der Waals surface area contributed by atoms with E-state index in [2.05, 4.69) is 0 Å². The summed E-state index contributed by atoms with van der Waals surface area (Å²) in [4.78, 5) is 13.5. The molecular formula is C11H21NO4. The summed E-state index contributed by atoms with van der Waals surface area (Å²) in [5.74, 6) is 0. The zero-order valence-corrected chi connectivity index (χ0v) is 10.4. The molecule has 5 nitrogen and oxygen atoms in total. The summed E-state index contributed by atoms with van der Waals surface area (Å²) in [6.45, 7) is 8.21. The smallest absolute Gasteiger partial charge is 0.410 e. The van der Waals surface area contributed by atoms with Crippen molar-refractivity contribution >= 4 is 6.09 Å². The van der Waals surface area contributed by atoms with Crippen LogP contribution in [0.5, 0.6) is 0 Å². The number of rotatable bonds is 1. The van der Waals surface area contributed by atoms with Crippen LogP contribution >= 0.6 is 0 Å². The summed E-state index contributed by atoms with van der Waals surface area (Å²) in [6, 6.07) is -0.159. The van der Waals surface area contributed by atoms with Crippen LogP contribution in [0.25, 0.3) is 0 Å². The van der Waals surface area contributed by atoms with Crippen LogP contribution < -0.4 is 0 Å². The molecule has 16 heavy (non-hydrogen) atoms. The molecule has 1 saturated heterocycles. The van der Waals surface area contributed by atoms with E-state index in [0.717, 1.165) is 0 Å². The van der Waals surface area contributed by atoms with E-state index in [4.69, 9.17) is 14.6 Å². The average molecular weight is 231 g/mol. The van der Waals surface area contributed by atoms with Gasteiger partial charge in [-0.1, -0.05) is 0 Å². The molecule has 1 amide bonds. The minimum Gasteiger partial charge on any atom is -0.444 e. The Morgan fingerprint density at radius 3 is 2.69 bits per heavy atom. The summed E-state index contributed by atoms with van der Waals surface area (Å²) in [5.41, 5.74) is -0.496. The van der Waals surface area contributed by atoms with E-state index in [-0.39, 0.29) is 24.8 Å². The standard InChI is InChI=1S/C11H21NO4/c1-8-9(7-13)15-6-5-12(8)10(14)16-11(2,3)4/h8-9,13H,5-7H2,1-4H3/t8?,9-/m1/s1. The van der Waals surface area contributed by atoms with Crippen LogP contribution in [0.1, 0.15) is 27.7 Å². The Hall–Kier alpha value is -0.810. The number of carbonyl (C=O) groups excluding carboxylic acids is 1. The lowest BCUT2D eigenvalue weighted by Crippen LogP contribution is -2.54. The second-order valence-corrected chi connectivity index (χ2v) is 5.01. The summed E-state index contributed by atoms with van der Waals surface area (Å²) in [7, 11) is 0. The number of ether oxygens (including phenoxy) is 2. The molecule has 2 atom stereocenters. The van der Waals surface area contributed by atoms with Gasteiger partial charge in [0.15, 0.2) is 0 Å². The van der Waals surface area contributed by atoms with Gasteiger partial charge < -0.3 is 19.5 Å². The fraction of sp³-hybridized carbons (Fsp3) is 0.909. The maximum absolute atomic E-state index is 11.9. The van der Waals surface area contributed by atoms with Crippen molar-refractivity contribution in [2.75, 3.05) is 19.8 Å². The molecular weight excluding hydrogens is 210 g/mol. The van der Waals surface area contributed by atoms with E-state index in [9.17, 15) is 4.79 Å². The highest BCUT2D eigenvalue weighted by Crippen LogP contribution is 2.17. The Bertz CT molecular complexity index is 249. The van der Waals surface area contributed by atoms with Crippen LogP contribution in [0.3, 0.4) is 0 Å². The molecule has 1 unspecified atom stereocenters. The van der Waals surface area contributed by atoms with Crippen molar-refractivity contribution in [2.45, 2.75) is 45.4 Å². The maximum atomic E-state index is 11.9. The van der Waals surface area contributed by atoms with E-state index < -0.39 is 5.60 Å². The van der Waals surface area contributed by atoms with Crippen LogP contribution in [0.15, 0.2) is 0 Å². The van der Waals surface area contributed by atoms with Gasteiger partial charge in [0.1, 0.15) is 11.7 Å². The van der Waals surface area contributed by atoms with Crippen molar-refractivity contribution in [1.82, 2.24) is 4.90 Å². The predicted octanol–water partition coefficient (Wildman–Crippen LogP) is 1.00. The molecule has 1 aliphatic rings. The Labute approximate surface area is 96.3 Å². The summed E-state index contributed by atoms with van der Waals surface area (Å²) >= 11 is 0. The van der Waals surface area contributed by atoms with E-state index >= 15 is 0 Å². The fourth-order valence-corrected chi connectivity index (χ4v) is 1.63. The number of carbonyl (C=O) groups is 1. The van der Waals surface area contributed by atoms with Gasteiger partial charge in [-0.05, 0) is 27.7 Å². The third-order valence-corrected chi connectivity index (χ3v) is 2.50. The quantitative estimate of drug-likeness (QED) is 0.731. The molecule has 94 valence electrons. The van der Waals surface area contributed by atoms with Crippen LogP contribution in [0, 0.1) is 0 Å². The average Bonchev–Trinajstić information content (AvgIpc) is 2.15. The highest BCUT2D eigenvalue weighted by molar-refractivity contribution is 5.68. The first-order valence-corrected chi connectivity index (χ1v) is 5.57. The normalized spacial score (nSPS) is 26.7. The first-order chi connectivity index (χ1) is 7.35. The molecule has 0 aliphatic carbocycles. The fourth-order valence-electron chi connectivity index (χ4n) is 1.63. The van der Waals surface area contributed by atoms with Crippen molar-refractivity contribution < 1.29 is 19.4 Å². The second-order valence-electron chi connectivity index (χ2n) is 5.01. The molecule has 1 N–H and O–H groups in total. The van der Waals surface area contributed by atoms with Crippen molar-refractivity contribution in [3.05, 3.63) is 0 Å². The molecule has 1 fully saturated rings. The zero-order chi connectivity index (χ0) is 12.3. The van der Waals surface area contributed by atoms with Gasteiger partial charge in [0.2, 0.25) is 0 Å². The molecule has 0 bridgehead atoms. The monoisotopic (exact) mass is 231 g/mol. The molecule has 1 rings (SSSR count). The first-order valence-electron chi connectivity index (χ1n) is 5.57. The number of nitrogens with zero attached hydrogens (tertiary/aromatic N) is 1. The van der Waals surface area contributed by atoms with Crippen molar-refractivity contribution in [2.24, 2.45) is 0 Å². The zero-order valence-electron chi connectivity index (χ0n) is 10.4. The van der Waals surface area contributed by atoms with Gasteiger partial charge in [-0.25, -0.2) is 4.79 Å². The third kappa shape index (κ3) is 3.35. The number of hydrogen-bond donors (Lipinski definition) is 1. The molecule has 1 heterocycles. The molecule has 0 aromatic heterocycles. The summed E-state index contributed by atoms with van der Waals surface area (Å²) in [5, 5.41) is 9.09. The van der Waals surface area contributed by atoms with Gasteiger partial charge in [-0.15, -0.1) is 0 Å². The summed E-state index contributed by atoms with van der Waals surface area (Å²) in [6.07, 6.45) is -0.664. The van der Waals surface area contributed by atoms with E-state index in [1.807, 2.05) is 27.7 Å². The number of morpholine rings is 1. The lowest BCUT2D eigenvalue weighted by Gasteiger charge is -2.39. The van der Waals surface area contributed by atoms with E-state index in [0.29, 0.717) is 13.2 Å². The lowest BCUT2D eigenvalue weighted by atomic mass is 10.1. The number of hydrogen-bond acceptors (Lipinski definition) is 4. The first kappa shape index (κ1) is 13.3. The Morgan fingerprint density at radius 1 is 1.56 bits per heavy atom. The molecule has 1 aliphatic heterocycles. The lowest BCUT2D eigenvalue weighted by molar-refractivity contribution is -0.0873. The highest BCUT2D eigenvalue weighted by atomic mass is 16.6. The minimum atomic E-state index is -0.496. The number of aliphatic hydroxyl groups excluding tert-OH is 1. The van der Waals surface area contributed by atoms with Crippen LogP contribution in [0.2, 0.25) is 0 Å². The molecule has 0 aromatic rings. The van der Waals surface area contributed by atoms with Crippen LogP contribution in [-0.4, -0.2) is 53.6 Å². The molecule has 0 saturated carbocycles. The Balaban J connectivity index is 2.61. The number of aliphatic hydroxyl groups is 1. The summed E-state index contributed by atoms with van der Waals surface area (Å²) < 4.78 is 10.6. The molecule has 0 spiro atoms. The Kier molecular flexibility index (Phi) is 4.15. The third-order valence-electron chi connectivity index (χ3n) is 2.50. The van der Waals surface area contributed by atoms with Gasteiger partial charge >= 0.3 is 6.09 Å². The predicted molar refractivity (Wildman–Crippen MR) is 59.2 cm³/mol. The van der Waals surface area contributed by atoms with Gasteiger partial charge in [0, 0.05) is 6.54 Å². The van der Waals surface area contributed by atoms with Gasteiger partial charge in [-0.2, -0.15) is 0 Å².